The van der Waals surface area contributed by atoms with Gasteiger partial charge in [0, 0.05) is 23.7 Å². The predicted octanol–water partition coefficient (Wildman–Crippen LogP) is 2.63. The van der Waals surface area contributed by atoms with Gasteiger partial charge in [-0.3, -0.25) is 0 Å². The van der Waals surface area contributed by atoms with Crippen LogP contribution >= 0.6 is 0 Å². The number of benzene rings is 2. The number of hydrogen-bond acceptors (Lipinski definition) is 6. The van der Waals surface area contributed by atoms with Crippen molar-refractivity contribution in [2.75, 3.05) is 6.61 Å². The number of carbonyl (C=O) groups excluding carboxylic acids is 2. The maximum Gasteiger partial charge on any atom is 0.356 e. The minimum atomic E-state index is -0.691. The summed E-state index contributed by atoms with van der Waals surface area (Å²) in [5.41, 5.74) is 4.04. The highest BCUT2D eigenvalue weighted by Gasteiger charge is 2.20. The molecule has 0 spiro atoms. The van der Waals surface area contributed by atoms with Gasteiger partial charge in [-0.25, -0.2) is 9.59 Å². The maximum atomic E-state index is 11.7. The molecule has 2 aromatic carbocycles. The molecular weight excluding hydrogens is 322 g/mol. The Kier molecular flexibility index (Phi) is 5.56. The Bertz CT molecular complexity index is 718. The van der Waals surface area contributed by atoms with Gasteiger partial charge in [0.25, 0.3) is 0 Å². The molecule has 3 rings (SSSR count). The second kappa shape index (κ2) is 8.23. The molecule has 1 aliphatic rings. The van der Waals surface area contributed by atoms with Crippen LogP contribution in [0, 0.1) is 0 Å². The van der Waals surface area contributed by atoms with E-state index in [1.165, 1.54) is 0 Å². The first-order valence-electron chi connectivity index (χ1n) is 7.83. The van der Waals surface area contributed by atoms with Gasteiger partial charge in [-0.1, -0.05) is 60.7 Å². The number of ether oxygens (including phenoxy) is 1. The zero-order chi connectivity index (χ0) is 17.5. The number of carbonyl (C=O) groups is 2. The SMILES string of the molecule is O=C1C=C(CCOC(c2ccccc2)c2ccccc2)C(=O)ONO1. The molecule has 0 amide bonds. The zero-order valence-electron chi connectivity index (χ0n) is 13.4. The average Bonchev–Trinajstić information content (AvgIpc) is 2.81. The predicted molar refractivity (Wildman–Crippen MR) is 88.7 cm³/mol. The molecule has 6 nitrogen and oxygen atoms in total. The molecule has 0 aromatic heterocycles. The van der Waals surface area contributed by atoms with E-state index in [1.807, 2.05) is 66.3 Å². The molecule has 0 aliphatic carbocycles. The second-order valence-corrected chi connectivity index (χ2v) is 5.39. The van der Waals surface area contributed by atoms with Gasteiger partial charge >= 0.3 is 11.9 Å². The summed E-state index contributed by atoms with van der Waals surface area (Å²) in [4.78, 5) is 32.1. The normalized spacial score (nSPS) is 14.5. The maximum absolute atomic E-state index is 11.7. The van der Waals surface area contributed by atoms with Crippen molar-refractivity contribution < 1.29 is 24.0 Å². The molecule has 0 atom stereocenters. The lowest BCUT2D eigenvalue weighted by Gasteiger charge is -2.19. The third-order valence-corrected chi connectivity index (χ3v) is 3.69. The van der Waals surface area contributed by atoms with Gasteiger partial charge < -0.3 is 14.4 Å². The van der Waals surface area contributed by atoms with Crippen molar-refractivity contribution in [1.29, 1.82) is 0 Å². The Morgan fingerprint density at radius 2 is 1.48 bits per heavy atom. The average molecular weight is 339 g/mol. The van der Waals surface area contributed by atoms with Crippen LogP contribution in [-0.2, 0) is 24.0 Å². The molecule has 0 unspecified atom stereocenters. The van der Waals surface area contributed by atoms with E-state index < -0.39 is 11.9 Å². The fourth-order valence-corrected chi connectivity index (χ4v) is 2.50. The number of nitrogens with one attached hydrogen (secondary N) is 1. The van der Waals surface area contributed by atoms with Gasteiger partial charge in [-0.05, 0) is 11.1 Å². The molecule has 0 fully saturated rings. The standard InChI is InChI=1S/C19H17NO5/c21-17-13-16(19(22)25-20-24-17)11-12-23-18(14-7-3-1-4-8-14)15-9-5-2-6-10-15/h1-10,13,18,20H,11-12H2. The van der Waals surface area contributed by atoms with Gasteiger partial charge in [0.05, 0.1) is 6.61 Å². The number of hydrogen-bond donors (Lipinski definition) is 1. The van der Waals surface area contributed by atoms with Crippen molar-refractivity contribution in [2.24, 2.45) is 0 Å². The molecule has 0 radical (unpaired) electrons. The minimum Gasteiger partial charge on any atom is -0.368 e. The van der Waals surface area contributed by atoms with Crippen LogP contribution in [0.2, 0.25) is 0 Å². The smallest absolute Gasteiger partial charge is 0.356 e. The van der Waals surface area contributed by atoms with Gasteiger partial charge in [0.15, 0.2) is 0 Å². The first kappa shape index (κ1) is 16.9. The van der Waals surface area contributed by atoms with Crippen molar-refractivity contribution in [3.63, 3.8) is 0 Å². The van der Waals surface area contributed by atoms with Gasteiger partial charge in [-0.2, -0.15) is 0 Å². The summed E-state index contributed by atoms with van der Waals surface area (Å²) in [7, 11) is 0. The highest BCUT2D eigenvalue weighted by molar-refractivity contribution is 5.96. The van der Waals surface area contributed by atoms with Crippen molar-refractivity contribution >= 4 is 11.9 Å². The van der Waals surface area contributed by atoms with Crippen molar-refractivity contribution in [3.8, 4) is 0 Å². The van der Waals surface area contributed by atoms with E-state index in [0.717, 1.165) is 17.2 Å². The molecule has 0 bridgehead atoms. The molecule has 128 valence electrons. The lowest BCUT2D eigenvalue weighted by Crippen LogP contribution is -2.20. The van der Waals surface area contributed by atoms with Crippen LogP contribution < -0.4 is 5.64 Å². The van der Waals surface area contributed by atoms with E-state index in [4.69, 9.17) is 4.74 Å². The van der Waals surface area contributed by atoms with Gasteiger partial charge in [0.1, 0.15) is 6.10 Å². The lowest BCUT2D eigenvalue weighted by atomic mass is 10.0. The van der Waals surface area contributed by atoms with Crippen molar-refractivity contribution in [2.45, 2.75) is 12.5 Å². The summed E-state index contributed by atoms with van der Waals surface area (Å²) in [6.07, 6.45) is 1.06. The van der Waals surface area contributed by atoms with E-state index in [0.29, 0.717) is 0 Å². The molecule has 2 aromatic rings. The fourth-order valence-electron chi connectivity index (χ4n) is 2.50. The molecule has 25 heavy (non-hydrogen) atoms. The van der Waals surface area contributed by atoms with E-state index in [-0.39, 0.29) is 24.7 Å². The summed E-state index contributed by atoms with van der Waals surface area (Å²) >= 11 is 0. The Morgan fingerprint density at radius 1 is 0.880 bits per heavy atom. The van der Waals surface area contributed by atoms with Gasteiger partial charge in [0.2, 0.25) is 0 Å². The topological polar surface area (TPSA) is 73.9 Å². The number of rotatable bonds is 6. The molecule has 1 N–H and O–H groups in total. The van der Waals surface area contributed by atoms with Crippen LogP contribution in [0.4, 0.5) is 0 Å². The third kappa shape index (κ3) is 4.53. The Hall–Kier alpha value is -2.96. The van der Waals surface area contributed by atoms with Crippen LogP contribution in [0.15, 0.2) is 72.3 Å². The van der Waals surface area contributed by atoms with Crippen molar-refractivity contribution in [3.05, 3.63) is 83.4 Å². The molecule has 1 aliphatic heterocycles. The van der Waals surface area contributed by atoms with Gasteiger partial charge in [-0.15, -0.1) is 0 Å². The van der Waals surface area contributed by atoms with Crippen LogP contribution in [0.3, 0.4) is 0 Å². The third-order valence-electron chi connectivity index (χ3n) is 3.69. The minimum absolute atomic E-state index is 0.190. The highest BCUT2D eigenvalue weighted by atomic mass is 16.9. The summed E-state index contributed by atoms with van der Waals surface area (Å²) in [6.45, 7) is 0.239. The Labute approximate surface area is 144 Å². The lowest BCUT2D eigenvalue weighted by molar-refractivity contribution is -0.189. The monoisotopic (exact) mass is 339 g/mol. The van der Waals surface area contributed by atoms with E-state index in [9.17, 15) is 9.59 Å². The Morgan fingerprint density at radius 3 is 2.08 bits per heavy atom. The molecule has 0 saturated carbocycles. The van der Waals surface area contributed by atoms with E-state index in [1.54, 1.807) is 0 Å². The zero-order valence-corrected chi connectivity index (χ0v) is 13.4. The summed E-state index contributed by atoms with van der Waals surface area (Å²) in [6, 6.07) is 19.6. The fraction of sp³-hybridized carbons (Fsp3) is 0.158. The molecule has 0 saturated heterocycles. The summed E-state index contributed by atoms with van der Waals surface area (Å²) < 4.78 is 6.02. The second-order valence-electron chi connectivity index (χ2n) is 5.39. The van der Waals surface area contributed by atoms with Crippen LogP contribution in [-0.4, -0.2) is 18.5 Å². The van der Waals surface area contributed by atoms with E-state index >= 15 is 0 Å². The highest BCUT2D eigenvalue weighted by Crippen LogP contribution is 2.26. The summed E-state index contributed by atoms with van der Waals surface area (Å²) in [5.74, 6) is -1.35. The van der Waals surface area contributed by atoms with E-state index in [2.05, 4.69) is 9.68 Å². The summed E-state index contributed by atoms with van der Waals surface area (Å²) in [5, 5.41) is 0. The molecule has 1 heterocycles. The largest absolute Gasteiger partial charge is 0.368 e. The van der Waals surface area contributed by atoms with Crippen LogP contribution in [0.25, 0.3) is 0 Å². The van der Waals surface area contributed by atoms with Crippen LogP contribution in [0.1, 0.15) is 23.7 Å². The molecular formula is C19H17NO5. The quantitative estimate of drug-likeness (QED) is 0.872. The molecule has 6 heteroatoms. The van der Waals surface area contributed by atoms with Crippen LogP contribution in [0.5, 0.6) is 0 Å². The Balaban J connectivity index is 1.71. The van der Waals surface area contributed by atoms with Crippen molar-refractivity contribution in [1.82, 2.24) is 5.64 Å². The first-order chi connectivity index (χ1) is 12.2. The first-order valence-corrected chi connectivity index (χ1v) is 7.83.